The van der Waals surface area contributed by atoms with Crippen molar-refractivity contribution in [3.8, 4) is 11.3 Å². The molecule has 2 rings (SSSR count). The third-order valence-corrected chi connectivity index (χ3v) is 4.25. The molecule has 0 spiro atoms. The Hall–Kier alpha value is -0.400. The standard InChI is InChI=1S/C15H18BrIN2O/c1-10(2)8-18-6-5-15-19-9-14(20-15)12-7-11(16)3-4-13(12)17/h3-4,7,9-10,18H,5-6,8H2,1-2H3. The van der Waals surface area contributed by atoms with Gasteiger partial charge in [-0.3, -0.25) is 0 Å². The summed E-state index contributed by atoms with van der Waals surface area (Å²) in [6.07, 6.45) is 2.62. The van der Waals surface area contributed by atoms with Crippen LogP contribution in [0.5, 0.6) is 0 Å². The maximum absolute atomic E-state index is 5.84. The average Bonchev–Trinajstić information content (AvgIpc) is 2.86. The zero-order valence-corrected chi connectivity index (χ0v) is 15.4. The Kier molecular flexibility index (Phi) is 6.04. The predicted octanol–water partition coefficient (Wildman–Crippen LogP) is 4.50. The van der Waals surface area contributed by atoms with Crippen LogP contribution in [-0.2, 0) is 6.42 Å². The molecule has 2 aromatic rings. The first-order valence-corrected chi connectivity index (χ1v) is 8.54. The maximum Gasteiger partial charge on any atom is 0.196 e. The Bertz CT molecular complexity index is 569. The second kappa shape index (κ2) is 7.56. The smallest absolute Gasteiger partial charge is 0.196 e. The summed E-state index contributed by atoms with van der Waals surface area (Å²) >= 11 is 5.80. The molecule has 5 heteroatoms. The lowest BCUT2D eigenvalue weighted by Gasteiger charge is -2.05. The van der Waals surface area contributed by atoms with Crippen molar-refractivity contribution in [2.45, 2.75) is 20.3 Å². The Labute approximate surface area is 141 Å². The molecule has 0 radical (unpaired) electrons. The van der Waals surface area contributed by atoms with Gasteiger partial charge in [-0.1, -0.05) is 29.8 Å². The van der Waals surface area contributed by atoms with Gasteiger partial charge in [0.1, 0.15) is 0 Å². The summed E-state index contributed by atoms with van der Waals surface area (Å²) in [6, 6.07) is 6.15. The molecule has 1 aromatic heterocycles. The van der Waals surface area contributed by atoms with Gasteiger partial charge in [-0.05, 0) is 53.3 Å². The fourth-order valence-electron chi connectivity index (χ4n) is 1.82. The number of oxazole rings is 1. The summed E-state index contributed by atoms with van der Waals surface area (Å²) in [7, 11) is 0. The van der Waals surface area contributed by atoms with Gasteiger partial charge in [0.2, 0.25) is 0 Å². The monoisotopic (exact) mass is 448 g/mol. The van der Waals surface area contributed by atoms with Crippen LogP contribution < -0.4 is 5.32 Å². The van der Waals surface area contributed by atoms with Gasteiger partial charge in [0, 0.05) is 26.6 Å². The lowest BCUT2D eigenvalue weighted by Crippen LogP contribution is -2.22. The van der Waals surface area contributed by atoms with Crippen LogP contribution in [0.25, 0.3) is 11.3 Å². The summed E-state index contributed by atoms with van der Waals surface area (Å²) < 4.78 is 8.04. The Morgan fingerprint density at radius 2 is 2.20 bits per heavy atom. The van der Waals surface area contributed by atoms with Crippen LogP contribution in [-0.4, -0.2) is 18.1 Å². The van der Waals surface area contributed by atoms with Gasteiger partial charge in [0.15, 0.2) is 11.7 Å². The first-order valence-electron chi connectivity index (χ1n) is 6.67. The number of hydrogen-bond donors (Lipinski definition) is 1. The number of benzene rings is 1. The molecule has 20 heavy (non-hydrogen) atoms. The molecular weight excluding hydrogens is 431 g/mol. The van der Waals surface area contributed by atoms with E-state index in [1.165, 1.54) is 0 Å². The largest absolute Gasteiger partial charge is 0.441 e. The molecule has 3 nitrogen and oxygen atoms in total. The van der Waals surface area contributed by atoms with E-state index in [4.69, 9.17) is 4.42 Å². The highest BCUT2D eigenvalue weighted by atomic mass is 127. The van der Waals surface area contributed by atoms with Crippen molar-refractivity contribution >= 4 is 38.5 Å². The number of nitrogens with one attached hydrogen (secondary N) is 1. The molecule has 0 atom stereocenters. The number of aromatic nitrogens is 1. The molecule has 0 bridgehead atoms. The van der Waals surface area contributed by atoms with E-state index in [0.29, 0.717) is 5.92 Å². The zero-order valence-electron chi connectivity index (χ0n) is 11.6. The second-order valence-corrected chi connectivity index (χ2v) is 7.17. The molecule has 0 saturated carbocycles. The molecule has 0 fully saturated rings. The molecular formula is C15H18BrIN2O. The summed E-state index contributed by atoms with van der Waals surface area (Å²) in [5.41, 5.74) is 1.08. The minimum Gasteiger partial charge on any atom is -0.441 e. The molecule has 108 valence electrons. The minimum absolute atomic E-state index is 0.665. The van der Waals surface area contributed by atoms with Gasteiger partial charge in [-0.2, -0.15) is 0 Å². The predicted molar refractivity (Wildman–Crippen MR) is 93.8 cm³/mol. The van der Waals surface area contributed by atoms with E-state index in [0.717, 1.165) is 44.8 Å². The molecule has 0 amide bonds. The molecule has 0 aliphatic heterocycles. The van der Waals surface area contributed by atoms with E-state index in [1.807, 2.05) is 12.3 Å². The molecule has 0 aliphatic rings. The quantitative estimate of drug-likeness (QED) is 0.522. The second-order valence-electron chi connectivity index (χ2n) is 5.09. The van der Waals surface area contributed by atoms with E-state index in [-0.39, 0.29) is 0 Å². The molecule has 0 aliphatic carbocycles. The van der Waals surface area contributed by atoms with Crippen LogP contribution in [0.4, 0.5) is 0 Å². The van der Waals surface area contributed by atoms with Crippen molar-refractivity contribution in [2.75, 3.05) is 13.1 Å². The van der Waals surface area contributed by atoms with E-state index >= 15 is 0 Å². The van der Waals surface area contributed by atoms with Crippen molar-refractivity contribution in [3.63, 3.8) is 0 Å². The summed E-state index contributed by atoms with van der Waals surface area (Å²) in [4.78, 5) is 4.35. The van der Waals surface area contributed by atoms with Crippen molar-refractivity contribution in [1.29, 1.82) is 0 Å². The SMILES string of the molecule is CC(C)CNCCc1ncc(-c2cc(Br)ccc2I)o1. The van der Waals surface area contributed by atoms with Gasteiger partial charge in [-0.15, -0.1) is 0 Å². The highest BCUT2D eigenvalue weighted by molar-refractivity contribution is 14.1. The molecule has 1 heterocycles. The highest BCUT2D eigenvalue weighted by Crippen LogP contribution is 2.28. The lowest BCUT2D eigenvalue weighted by atomic mass is 10.2. The summed E-state index contributed by atoms with van der Waals surface area (Å²) in [5.74, 6) is 2.28. The van der Waals surface area contributed by atoms with Crippen molar-refractivity contribution in [1.82, 2.24) is 10.3 Å². The molecule has 0 unspecified atom stereocenters. The van der Waals surface area contributed by atoms with Crippen LogP contribution in [0.2, 0.25) is 0 Å². The van der Waals surface area contributed by atoms with Crippen LogP contribution in [0.3, 0.4) is 0 Å². The molecule has 0 saturated heterocycles. The summed E-state index contributed by atoms with van der Waals surface area (Å²) in [5, 5.41) is 3.39. The third-order valence-electron chi connectivity index (χ3n) is 2.82. The van der Waals surface area contributed by atoms with Crippen molar-refractivity contribution in [3.05, 3.63) is 38.3 Å². The van der Waals surface area contributed by atoms with Crippen LogP contribution in [0.15, 0.2) is 33.3 Å². The van der Waals surface area contributed by atoms with Gasteiger partial charge in [-0.25, -0.2) is 4.98 Å². The first kappa shape index (κ1) is 16.0. The van der Waals surface area contributed by atoms with E-state index in [1.54, 1.807) is 0 Å². The van der Waals surface area contributed by atoms with Gasteiger partial charge in [0.05, 0.1) is 6.20 Å². The third kappa shape index (κ3) is 4.56. The van der Waals surface area contributed by atoms with Crippen molar-refractivity contribution < 1.29 is 4.42 Å². The number of halogens is 2. The summed E-state index contributed by atoms with van der Waals surface area (Å²) in [6.45, 7) is 6.32. The topological polar surface area (TPSA) is 38.1 Å². The van der Waals surface area contributed by atoms with Gasteiger partial charge in [0.25, 0.3) is 0 Å². The lowest BCUT2D eigenvalue weighted by molar-refractivity contribution is 0.483. The fourth-order valence-corrected chi connectivity index (χ4v) is 2.79. The van der Waals surface area contributed by atoms with Crippen LogP contribution >= 0.6 is 38.5 Å². The van der Waals surface area contributed by atoms with E-state index in [2.05, 4.69) is 74.8 Å². The Balaban J connectivity index is 2.00. The van der Waals surface area contributed by atoms with E-state index in [9.17, 15) is 0 Å². The maximum atomic E-state index is 5.84. The normalized spacial score (nSPS) is 11.2. The Morgan fingerprint density at radius 1 is 1.40 bits per heavy atom. The Morgan fingerprint density at radius 3 is 2.95 bits per heavy atom. The van der Waals surface area contributed by atoms with Gasteiger partial charge < -0.3 is 9.73 Å². The number of hydrogen-bond acceptors (Lipinski definition) is 3. The zero-order chi connectivity index (χ0) is 14.5. The van der Waals surface area contributed by atoms with Crippen LogP contribution in [0, 0.1) is 9.49 Å². The van der Waals surface area contributed by atoms with Crippen molar-refractivity contribution in [2.24, 2.45) is 5.92 Å². The number of rotatable bonds is 6. The molecule has 1 aromatic carbocycles. The molecule has 1 N–H and O–H groups in total. The minimum atomic E-state index is 0.665. The van der Waals surface area contributed by atoms with E-state index < -0.39 is 0 Å². The first-order chi connectivity index (χ1) is 9.56. The highest BCUT2D eigenvalue weighted by Gasteiger charge is 2.10. The number of nitrogens with zero attached hydrogens (tertiary/aromatic N) is 1. The fraction of sp³-hybridized carbons (Fsp3) is 0.400. The van der Waals surface area contributed by atoms with Crippen LogP contribution in [0.1, 0.15) is 19.7 Å². The average molecular weight is 449 g/mol. The van der Waals surface area contributed by atoms with Gasteiger partial charge >= 0.3 is 0 Å².